The molecule has 3 aromatic rings. The first-order chi connectivity index (χ1) is 14.0. The highest BCUT2D eigenvalue weighted by molar-refractivity contribution is 5.22. The van der Waals surface area contributed by atoms with E-state index in [9.17, 15) is 36.6 Å². The van der Waals surface area contributed by atoms with E-state index >= 15 is 0 Å². The molecule has 0 aliphatic carbocycles. The molecule has 0 amide bonds. The van der Waals surface area contributed by atoms with Gasteiger partial charge in [-0.15, -0.1) is 0 Å². The third-order valence-electron chi connectivity index (χ3n) is 4.43. The Labute approximate surface area is 166 Å². The van der Waals surface area contributed by atoms with Crippen LogP contribution in [0.4, 0.5) is 22.0 Å². The van der Waals surface area contributed by atoms with Gasteiger partial charge in [-0.3, -0.25) is 13.9 Å². The van der Waals surface area contributed by atoms with Gasteiger partial charge in [0.15, 0.2) is 0 Å². The van der Waals surface area contributed by atoms with Crippen LogP contribution in [0, 0.1) is 5.82 Å². The highest BCUT2D eigenvalue weighted by Gasteiger charge is 2.36. The van der Waals surface area contributed by atoms with E-state index in [1.54, 1.807) is 0 Å². The Bertz CT molecular complexity index is 1160. The number of halogens is 5. The van der Waals surface area contributed by atoms with E-state index in [-0.39, 0.29) is 9.13 Å². The number of hydrogen-bond donors (Lipinski definition) is 1. The Hall–Kier alpha value is -3.43. The predicted octanol–water partition coefficient (Wildman–Crippen LogP) is 3.44. The van der Waals surface area contributed by atoms with Crippen molar-refractivity contribution < 1.29 is 27.1 Å². The van der Waals surface area contributed by atoms with Crippen LogP contribution in [0.1, 0.15) is 11.1 Å². The van der Waals surface area contributed by atoms with Gasteiger partial charge in [0.2, 0.25) is 5.88 Å². The molecule has 1 heterocycles. The molecule has 0 atom stereocenters. The van der Waals surface area contributed by atoms with Gasteiger partial charge in [-0.05, 0) is 12.1 Å². The zero-order valence-corrected chi connectivity index (χ0v) is 15.2. The van der Waals surface area contributed by atoms with Crippen molar-refractivity contribution in [3.05, 3.63) is 98.4 Å². The summed E-state index contributed by atoms with van der Waals surface area (Å²) in [5, 5.41) is 9.84. The van der Waals surface area contributed by atoms with Crippen molar-refractivity contribution in [1.82, 2.24) is 9.13 Å². The van der Waals surface area contributed by atoms with E-state index in [1.807, 2.05) is 0 Å². The zero-order chi connectivity index (χ0) is 22.1. The zero-order valence-electron chi connectivity index (χ0n) is 15.2. The molecule has 0 bridgehead atoms. The van der Waals surface area contributed by atoms with E-state index in [0.717, 1.165) is 36.4 Å². The molecule has 2 aromatic carbocycles. The summed E-state index contributed by atoms with van der Waals surface area (Å²) in [6.07, 6.45) is 0. The van der Waals surface area contributed by atoms with Crippen LogP contribution in [0.3, 0.4) is 0 Å². The topological polar surface area (TPSA) is 64.2 Å². The minimum Gasteiger partial charge on any atom is -0.494 e. The molecule has 0 unspecified atom stereocenters. The van der Waals surface area contributed by atoms with E-state index in [0.29, 0.717) is 6.07 Å². The second kappa shape index (κ2) is 7.77. The van der Waals surface area contributed by atoms with Crippen LogP contribution in [-0.4, -0.2) is 14.2 Å². The molecule has 0 aliphatic rings. The summed E-state index contributed by atoms with van der Waals surface area (Å²) < 4.78 is 71.3. The van der Waals surface area contributed by atoms with Crippen molar-refractivity contribution in [3.8, 4) is 5.88 Å². The molecule has 0 fully saturated rings. The Kier molecular flexibility index (Phi) is 5.51. The first kappa shape index (κ1) is 21.3. The fourth-order valence-corrected chi connectivity index (χ4v) is 2.85. The Balaban J connectivity index is 2.00. The smallest absolute Gasteiger partial charge is 0.334 e. The van der Waals surface area contributed by atoms with Gasteiger partial charge in [0.05, 0.1) is 19.2 Å². The monoisotopic (exact) mass is 426 g/mol. The fourth-order valence-electron chi connectivity index (χ4n) is 2.85. The molecule has 0 radical (unpaired) electrons. The van der Waals surface area contributed by atoms with Crippen LogP contribution >= 0.6 is 0 Å². The molecule has 5 nitrogen and oxygen atoms in total. The van der Waals surface area contributed by atoms with Crippen molar-refractivity contribution in [2.45, 2.75) is 24.9 Å². The number of aromatic nitrogens is 2. The number of hydrogen-bond acceptors (Lipinski definition) is 3. The Morgan fingerprint density at radius 2 is 1.27 bits per heavy atom. The first-order valence-corrected chi connectivity index (χ1v) is 8.62. The molecule has 10 heteroatoms. The number of aromatic hydroxyl groups is 1. The van der Waals surface area contributed by atoms with Crippen LogP contribution in [0.5, 0.6) is 5.88 Å². The molecule has 3 rings (SSSR count). The Morgan fingerprint density at radius 1 is 0.767 bits per heavy atom. The maximum atomic E-state index is 14.5. The largest absolute Gasteiger partial charge is 0.494 e. The molecule has 1 N–H and O–H groups in total. The highest BCUT2D eigenvalue weighted by Crippen LogP contribution is 2.31. The van der Waals surface area contributed by atoms with Crippen molar-refractivity contribution in [2.24, 2.45) is 0 Å². The summed E-state index contributed by atoms with van der Waals surface area (Å²) in [6.45, 7) is -2.85. The molecule has 0 aliphatic heterocycles. The average Bonchev–Trinajstić information content (AvgIpc) is 2.69. The third kappa shape index (κ3) is 4.27. The van der Waals surface area contributed by atoms with Gasteiger partial charge in [-0.1, -0.05) is 42.5 Å². The lowest BCUT2D eigenvalue weighted by Crippen LogP contribution is -2.44. The molecule has 30 heavy (non-hydrogen) atoms. The summed E-state index contributed by atoms with van der Waals surface area (Å²) in [5.74, 6) is -9.28. The normalized spacial score (nSPS) is 12.2. The fraction of sp³-hybridized carbons (Fsp3) is 0.200. The minimum absolute atomic E-state index is 0.0768. The summed E-state index contributed by atoms with van der Waals surface area (Å²) in [6, 6.07) is 9.91. The quantitative estimate of drug-likeness (QED) is 0.615. The van der Waals surface area contributed by atoms with Gasteiger partial charge in [0, 0.05) is 11.1 Å². The first-order valence-electron chi connectivity index (χ1n) is 8.62. The van der Waals surface area contributed by atoms with Gasteiger partial charge in [-0.2, -0.15) is 17.6 Å². The van der Waals surface area contributed by atoms with Crippen LogP contribution in [0.2, 0.25) is 0 Å². The second-order valence-electron chi connectivity index (χ2n) is 6.58. The minimum atomic E-state index is -3.76. The number of nitrogens with zero attached hydrogens (tertiary/aromatic N) is 2. The third-order valence-corrected chi connectivity index (χ3v) is 4.43. The maximum absolute atomic E-state index is 14.5. The predicted molar refractivity (Wildman–Crippen MR) is 97.3 cm³/mol. The second-order valence-corrected chi connectivity index (χ2v) is 6.58. The summed E-state index contributed by atoms with van der Waals surface area (Å²) in [4.78, 5) is 24.5. The average molecular weight is 426 g/mol. The van der Waals surface area contributed by atoms with Gasteiger partial charge >= 0.3 is 5.69 Å². The molecule has 1 aromatic heterocycles. The van der Waals surface area contributed by atoms with Crippen LogP contribution in [-0.2, 0) is 24.9 Å². The molecule has 0 saturated carbocycles. The van der Waals surface area contributed by atoms with Gasteiger partial charge in [-0.25, -0.2) is 9.18 Å². The lowest BCUT2D eigenvalue weighted by Gasteiger charge is -2.21. The van der Waals surface area contributed by atoms with Crippen molar-refractivity contribution in [1.29, 1.82) is 0 Å². The van der Waals surface area contributed by atoms with E-state index in [1.165, 1.54) is 18.2 Å². The lowest BCUT2D eigenvalue weighted by atomic mass is 10.1. The number of alkyl halides is 4. The van der Waals surface area contributed by atoms with E-state index in [2.05, 4.69) is 0 Å². The van der Waals surface area contributed by atoms with Crippen LogP contribution < -0.4 is 11.2 Å². The number of rotatable bonds is 6. The molecular formula is C20H15F5N2O3. The van der Waals surface area contributed by atoms with Crippen molar-refractivity contribution >= 4 is 0 Å². The van der Waals surface area contributed by atoms with Gasteiger partial charge < -0.3 is 5.11 Å². The maximum Gasteiger partial charge on any atom is 0.334 e. The highest BCUT2D eigenvalue weighted by atomic mass is 19.3. The SMILES string of the molecule is O=c1cc(O)n(CC(F)(F)c2ccc(F)cc2)c(=O)n1CC(F)(F)c1ccccc1. The van der Waals surface area contributed by atoms with Crippen LogP contribution in [0.15, 0.2) is 70.3 Å². The summed E-state index contributed by atoms with van der Waals surface area (Å²) in [5.41, 5.74) is -3.94. The lowest BCUT2D eigenvalue weighted by molar-refractivity contribution is -0.0315. The van der Waals surface area contributed by atoms with E-state index in [4.69, 9.17) is 0 Å². The standard InChI is InChI=1S/C20H15F5N2O3/c21-15-8-6-14(7-9-15)20(24,25)12-27-17(29)10-16(28)26(18(27)30)11-19(22,23)13-4-2-1-3-5-13/h1-10,29H,11-12H2. The summed E-state index contributed by atoms with van der Waals surface area (Å²) in [7, 11) is 0. The van der Waals surface area contributed by atoms with Crippen molar-refractivity contribution in [2.75, 3.05) is 0 Å². The molecule has 0 spiro atoms. The van der Waals surface area contributed by atoms with Gasteiger partial charge in [0.1, 0.15) is 5.82 Å². The summed E-state index contributed by atoms with van der Waals surface area (Å²) >= 11 is 0. The van der Waals surface area contributed by atoms with Crippen LogP contribution in [0.25, 0.3) is 0 Å². The molecule has 0 saturated heterocycles. The van der Waals surface area contributed by atoms with Gasteiger partial charge in [0.25, 0.3) is 17.4 Å². The Morgan fingerprint density at radius 3 is 1.83 bits per heavy atom. The van der Waals surface area contributed by atoms with Crippen molar-refractivity contribution in [3.63, 3.8) is 0 Å². The van der Waals surface area contributed by atoms with E-state index < -0.39 is 59.0 Å². The number of benzene rings is 2. The molecular weight excluding hydrogens is 411 g/mol. The molecule has 158 valence electrons.